The van der Waals surface area contributed by atoms with Crippen molar-refractivity contribution >= 4 is 6.09 Å². The predicted molar refractivity (Wildman–Crippen MR) is 64.3 cm³/mol. The Morgan fingerprint density at radius 3 is 2.50 bits per heavy atom. The maximum atomic E-state index is 11.3. The van der Waals surface area contributed by atoms with Crippen molar-refractivity contribution in [2.24, 2.45) is 0 Å². The van der Waals surface area contributed by atoms with E-state index in [0.29, 0.717) is 6.54 Å². The lowest BCUT2D eigenvalue weighted by Crippen LogP contribution is -2.35. The average Bonchev–Trinajstić information content (AvgIpc) is 2.39. The van der Waals surface area contributed by atoms with Crippen molar-refractivity contribution < 1.29 is 9.53 Å². The van der Waals surface area contributed by atoms with Crippen LogP contribution in [-0.2, 0) is 17.7 Å². The van der Waals surface area contributed by atoms with Crippen LogP contribution >= 0.6 is 0 Å². The number of hydrogen-bond acceptors (Lipinski definition) is 2. The van der Waals surface area contributed by atoms with E-state index >= 15 is 0 Å². The van der Waals surface area contributed by atoms with Crippen LogP contribution in [0.1, 0.15) is 25.0 Å². The minimum atomic E-state index is -0.237. The number of hydrogen-bond donors (Lipinski definition) is 0. The SMILES string of the molecule is CC.COC(=O)N1CCc2ccccc2C1. The zero-order valence-electron chi connectivity index (χ0n) is 10.2. The Labute approximate surface area is 97.0 Å². The number of amides is 1. The number of carbonyl (C=O) groups excluding carboxylic acids is 1. The van der Waals surface area contributed by atoms with E-state index < -0.39 is 0 Å². The molecule has 1 heterocycles. The second kappa shape index (κ2) is 6.16. The molecule has 0 unspecified atom stereocenters. The van der Waals surface area contributed by atoms with Crippen molar-refractivity contribution in [3.05, 3.63) is 35.4 Å². The Hall–Kier alpha value is -1.51. The van der Waals surface area contributed by atoms with Gasteiger partial charge in [0.25, 0.3) is 0 Å². The lowest BCUT2D eigenvalue weighted by atomic mass is 10.0. The number of rotatable bonds is 0. The lowest BCUT2D eigenvalue weighted by Gasteiger charge is -2.27. The molecule has 0 aromatic heterocycles. The molecule has 0 bridgehead atoms. The highest BCUT2D eigenvalue weighted by molar-refractivity contribution is 5.67. The summed E-state index contributed by atoms with van der Waals surface area (Å²) in [6, 6.07) is 8.21. The highest BCUT2D eigenvalue weighted by Gasteiger charge is 2.20. The van der Waals surface area contributed by atoms with Crippen molar-refractivity contribution in [2.75, 3.05) is 13.7 Å². The molecule has 1 amide bonds. The monoisotopic (exact) mass is 221 g/mol. The standard InChI is InChI=1S/C11H13NO2.C2H6/c1-14-11(13)12-7-6-9-4-2-3-5-10(9)8-12;1-2/h2-5H,6-8H2,1H3;1-2H3. The van der Waals surface area contributed by atoms with E-state index in [0.717, 1.165) is 13.0 Å². The van der Waals surface area contributed by atoms with Crippen LogP contribution in [0, 0.1) is 0 Å². The fraction of sp³-hybridized carbons (Fsp3) is 0.462. The molecule has 16 heavy (non-hydrogen) atoms. The highest BCUT2D eigenvalue weighted by atomic mass is 16.5. The summed E-state index contributed by atoms with van der Waals surface area (Å²) in [6.45, 7) is 5.42. The van der Waals surface area contributed by atoms with Gasteiger partial charge in [-0.05, 0) is 17.5 Å². The Morgan fingerprint density at radius 2 is 1.88 bits per heavy atom. The Morgan fingerprint density at radius 1 is 1.25 bits per heavy atom. The maximum Gasteiger partial charge on any atom is 0.409 e. The zero-order chi connectivity index (χ0) is 12.0. The van der Waals surface area contributed by atoms with Gasteiger partial charge in [0.2, 0.25) is 0 Å². The van der Waals surface area contributed by atoms with E-state index in [-0.39, 0.29) is 6.09 Å². The topological polar surface area (TPSA) is 29.5 Å². The van der Waals surface area contributed by atoms with Crippen molar-refractivity contribution in [2.45, 2.75) is 26.8 Å². The molecule has 0 radical (unpaired) electrons. The van der Waals surface area contributed by atoms with Gasteiger partial charge in [0.1, 0.15) is 0 Å². The highest BCUT2D eigenvalue weighted by Crippen LogP contribution is 2.18. The van der Waals surface area contributed by atoms with Gasteiger partial charge in [-0.2, -0.15) is 0 Å². The van der Waals surface area contributed by atoms with Gasteiger partial charge >= 0.3 is 6.09 Å². The third-order valence-electron chi connectivity index (χ3n) is 2.56. The first kappa shape index (κ1) is 12.6. The summed E-state index contributed by atoms with van der Waals surface area (Å²) in [5.74, 6) is 0. The minimum absolute atomic E-state index is 0.237. The maximum absolute atomic E-state index is 11.3. The van der Waals surface area contributed by atoms with Gasteiger partial charge in [0.15, 0.2) is 0 Å². The van der Waals surface area contributed by atoms with Gasteiger partial charge in [-0.1, -0.05) is 38.1 Å². The summed E-state index contributed by atoms with van der Waals surface area (Å²) in [5, 5.41) is 0. The van der Waals surface area contributed by atoms with Gasteiger partial charge in [-0.15, -0.1) is 0 Å². The molecule has 2 rings (SSSR count). The minimum Gasteiger partial charge on any atom is -0.453 e. The molecule has 1 aliphatic heterocycles. The summed E-state index contributed by atoms with van der Waals surface area (Å²) in [6.07, 6.45) is 0.685. The molecule has 3 heteroatoms. The Balaban J connectivity index is 0.000000606. The molecule has 88 valence electrons. The molecule has 1 aromatic rings. The molecular weight excluding hydrogens is 202 g/mol. The molecule has 1 aromatic carbocycles. The molecule has 3 nitrogen and oxygen atoms in total. The third kappa shape index (κ3) is 2.75. The largest absolute Gasteiger partial charge is 0.453 e. The van der Waals surface area contributed by atoms with E-state index in [4.69, 9.17) is 4.74 Å². The van der Waals surface area contributed by atoms with Gasteiger partial charge in [0, 0.05) is 13.1 Å². The van der Waals surface area contributed by atoms with Crippen LogP contribution in [0.4, 0.5) is 4.79 Å². The number of fused-ring (bicyclic) bond motifs is 1. The molecule has 0 saturated heterocycles. The van der Waals surface area contributed by atoms with Crippen molar-refractivity contribution in [1.82, 2.24) is 4.90 Å². The molecule has 0 saturated carbocycles. The second-order valence-electron chi connectivity index (χ2n) is 3.41. The summed E-state index contributed by atoms with van der Waals surface area (Å²) < 4.78 is 4.69. The molecule has 0 atom stereocenters. The first-order chi connectivity index (χ1) is 7.81. The van der Waals surface area contributed by atoms with Crippen LogP contribution in [0.25, 0.3) is 0 Å². The fourth-order valence-corrected chi connectivity index (χ4v) is 1.78. The number of benzene rings is 1. The van der Waals surface area contributed by atoms with E-state index in [1.165, 1.54) is 18.2 Å². The van der Waals surface area contributed by atoms with Crippen LogP contribution in [0.3, 0.4) is 0 Å². The van der Waals surface area contributed by atoms with Crippen LogP contribution in [0.15, 0.2) is 24.3 Å². The average molecular weight is 221 g/mol. The molecular formula is C13H19NO2. The van der Waals surface area contributed by atoms with Crippen LogP contribution in [-0.4, -0.2) is 24.6 Å². The van der Waals surface area contributed by atoms with Crippen molar-refractivity contribution in [3.8, 4) is 0 Å². The quantitative estimate of drug-likeness (QED) is 0.674. The Kier molecular flexibility index (Phi) is 4.83. The van der Waals surface area contributed by atoms with E-state index in [2.05, 4.69) is 12.1 Å². The number of methoxy groups -OCH3 is 1. The van der Waals surface area contributed by atoms with E-state index in [9.17, 15) is 4.79 Å². The number of carbonyl (C=O) groups is 1. The van der Waals surface area contributed by atoms with Gasteiger partial charge in [0.05, 0.1) is 7.11 Å². The van der Waals surface area contributed by atoms with E-state index in [1.807, 2.05) is 26.0 Å². The van der Waals surface area contributed by atoms with Crippen molar-refractivity contribution in [1.29, 1.82) is 0 Å². The predicted octanol–water partition coefficient (Wildman–Crippen LogP) is 2.84. The van der Waals surface area contributed by atoms with Gasteiger partial charge < -0.3 is 9.64 Å². The van der Waals surface area contributed by atoms with Gasteiger partial charge in [-0.25, -0.2) is 4.79 Å². The number of nitrogens with zero attached hydrogens (tertiary/aromatic N) is 1. The van der Waals surface area contributed by atoms with Crippen molar-refractivity contribution in [3.63, 3.8) is 0 Å². The van der Waals surface area contributed by atoms with Crippen LogP contribution in [0.5, 0.6) is 0 Å². The zero-order valence-corrected chi connectivity index (χ0v) is 10.2. The lowest BCUT2D eigenvalue weighted by molar-refractivity contribution is 0.118. The summed E-state index contributed by atoms with van der Waals surface area (Å²) in [7, 11) is 1.42. The number of ether oxygens (including phenoxy) is 1. The first-order valence-electron chi connectivity index (χ1n) is 5.71. The first-order valence-corrected chi connectivity index (χ1v) is 5.71. The Bertz CT molecular complexity index is 350. The second-order valence-corrected chi connectivity index (χ2v) is 3.41. The summed E-state index contributed by atoms with van der Waals surface area (Å²) in [5.41, 5.74) is 2.57. The molecule has 0 fully saturated rings. The summed E-state index contributed by atoms with van der Waals surface area (Å²) >= 11 is 0. The summed E-state index contributed by atoms with van der Waals surface area (Å²) in [4.78, 5) is 13.0. The normalized spacial score (nSPS) is 13.3. The smallest absolute Gasteiger partial charge is 0.409 e. The third-order valence-corrected chi connectivity index (χ3v) is 2.56. The fourth-order valence-electron chi connectivity index (χ4n) is 1.78. The molecule has 0 N–H and O–H groups in total. The van der Waals surface area contributed by atoms with Crippen LogP contribution in [0.2, 0.25) is 0 Å². The molecule has 0 spiro atoms. The molecule has 0 aliphatic carbocycles. The van der Waals surface area contributed by atoms with Crippen LogP contribution < -0.4 is 0 Å². The van der Waals surface area contributed by atoms with Gasteiger partial charge in [-0.3, -0.25) is 0 Å². The van der Waals surface area contributed by atoms with E-state index in [1.54, 1.807) is 4.90 Å². The molecule has 1 aliphatic rings.